The van der Waals surface area contributed by atoms with E-state index in [0.717, 1.165) is 31.1 Å². The van der Waals surface area contributed by atoms with Crippen molar-refractivity contribution in [1.82, 2.24) is 0 Å². The lowest BCUT2D eigenvalue weighted by Crippen LogP contribution is -2.49. The molecule has 0 spiro atoms. The highest BCUT2D eigenvalue weighted by Crippen LogP contribution is 2.59. The molecule has 1 fully saturated rings. The number of fused-ring (bicyclic) bond motifs is 1. The first-order chi connectivity index (χ1) is 10.7. The molecule has 0 radical (unpaired) electrons. The Morgan fingerprint density at radius 3 is 2.70 bits per heavy atom. The van der Waals surface area contributed by atoms with Crippen molar-refractivity contribution in [3.63, 3.8) is 0 Å². The van der Waals surface area contributed by atoms with Gasteiger partial charge in [0.05, 0.1) is 6.61 Å². The van der Waals surface area contributed by atoms with Crippen LogP contribution < -0.4 is 0 Å². The van der Waals surface area contributed by atoms with Gasteiger partial charge in [-0.2, -0.15) is 0 Å². The first-order valence-corrected chi connectivity index (χ1v) is 10.1. The van der Waals surface area contributed by atoms with Crippen LogP contribution in [0.4, 0.5) is 0 Å². The van der Waals surface area contributed by atoms with Gasteiger partial charge in [-0.05, 0) is 48.5 Å². The Balaban J connectivity index is 2.33. The minimum atomic E-state index is -3.72. The Bertz CT molecular complexity index is 563. The molecule has 1 saturated carbocycles. The summed E-state index contributed by atoms with van der Waals surface area (Å²) in [7, 11) is -3.72. The molecule has 4 nitrogen and oxygen atoms in total. The highest BCUT2D eigenvalue weighted by atomic mass is 31.2. The van der Waals surface area contributed by atoms with E-state index in [-0.39, 0.29) is 23.4 Å². The van der Waals surface area contributed by atoms with E-state index in [1.165, 1.54) is 12.2 Å². The molecule has 0 aromatic rings. The summed E-state index contributed by atoms with van der Waals surface area (Å²) in [5.41, 5.74) is 0.992. The third-order valence-corrected chi connectivity index (χ3v) is 6.99. The first-order valence-electron chi connectivity index (χ1n) is 8.48. The largest absolute Gasteiger partial charge is 0.351 e. The van der Waals surface area contributed by atoms with Crippen LogP contribution in [0.5, 0.6) is 0 Å². The van der Waals surface area contributed by atoms with Crippen LogP contribution >= 0.6 is 7.60 Å². The molecular weight excluding hydrogens is 311 g/mol. The van der Waals surface area contributed by atoms with Gasteiger partial charge < -0.3 is 14.2 Å². The monoisotopic (exact) mass is 340 g/mol. The van der Waals surface area contributed by atoms with E-state index in [2.05, 4.69) is 26.8 Å². The standard InChI is InChI=1S/C18H29O4P/c1-5-22-23(20,21)12-9-14-7-8-16-17(2,3)10-6-11-18(16,4)15(14)13-19/h7,9,12-13,15-16H,5-6,8,10-11H2,1-4H3,(H,20,21)/b12-9+/t15-,16-,18+/m0/s1. The summed E-state index contributed by atoms with van der Waals surface area (Å²) in [5.74, 6) is 1.46. The summed E-state index contributed by atoms with van der Waals surface area (Å²) in [4.78, 5) is 21.6. The second kappa shape index (κ2) is 6.66. The second-order valence-corrected chi connectivity index (χ2v) is 9.44. The van der Waals surface area contributed by atoms with Gasteiger partial charge in [-0.3, -0.25) is 4.57 Å². The lowest BCUT2D eigenvalue weighted by Gasteiger charge is -2.55. The van der Waals surface area contributed by atoms with E-state index in [1.807, 2.05) is 0 Å². The topological polar surface area (TPSA) is 63.6 Å². The Kier molecular flexibility index (Phi) is 5.40. The maximum atomic E-state index is 11.9. The first kappa shape index (κ1) is 18.6. The van der Waals surface area contributed by atoms with Crippen molar-refractivity contribution in [2.24, 2.45) is 22.7 Å². The van der Waals surface area contributed by atoms with Crippen LogP contribution in [-0.4, -0.2) is 17.8 Å². The van der Waals surface area contributed by atoms with Crippen molar-refractivity contribution in [3.8, 4) is 0 Å². The summed E-state index contributed by atoms with van der Waals surface area (Å²) >= 11 is 0. The molecule has 5 heteroatoms. The highest BCUT2D eigenvalue weighted by Gasteiger charge is 2.52. The number of rotatable bonds is 5. The number of aldehydes is 1. The van der Waals surface area contributed by atoms with Gasteiger partial charge in [0.1, 0.15) is 6.29 Å². The second-order valence-electron chi connectivity index (χ2n) is 7.75. The Labute approximate surface area is 139 Å². The predicted molar refractivity (Wildman–Crippen MR) is 92.1 cm³/mol. The molecule has 23 heavy (non-hydrogen) atoms. The lowest BCUT2D eigenvalue weighted by molar-refractivity contribution is -0.119. The van der Waals surface area contributed by atoms with Gasteiger partial charge in [-0.15, -0.1) is 0 Å². The van der Waals surface area contributed by atoms with Crippen LogP contribution in [-0.2, 0) is 13.9 Å². The molecule has 2 aliphatic rings. The van der Waals surface area contributed by atoms with Crippen LogP contribution in [0.25, 0.3) is 0 Å². The smallest absolute Gasteiger partial charge is 0.321 e. The fourth-order valence-electron chi connectivity index (χ4n) is 4.70. The highest BCUT2D eigenvalue weighted by molar-refractivity contribution is 7.56. The van der Waals surface area contributed by atoms with Crippen molar-refractivity contribution >= 4 is 13.9 Å². The number of carbonyl (C=O) groups is 1. The predicted octanol–water partition coefficient (Wildman–Crippen LogP) is 4.70. The zero-order valence-corrected chi connectivity index (χ0v) is 15.5. The van der Waals surface area contributed by atoms with Crippen LogP contribution in [0.1, 0.15) is 53.4 Å². The summed E-state index contributed by atoms with van der Waals surface area (Å²) in [6, 6.07) is 0. The van der Waals surface area contributed by atoms with Gasteiger partial charge >= 0.3 is 7.60 Å². The third-order valence-electron chi connectivity index (χ3n) is 5.84. The fourth-order valence-corrected chi connectivity index (χ4v) is 5.52. The molecule has 0 aromatic carbocycles. The molecule has 1 unspecified atom stereocenters. The zero-order chi connectivity index (χ0) is 17.3. The van der Waals surface area contributed by atoms with Gasteiger partial charge in [-0.1, -0.05) is 39.3 Å². The molecule has 2 aliphatic carbocycles. The minimum absolute atomic E-state index is 0.0804. The van der Waals surface area contributed by atoms with Crippen molar-refractivity contribution in [2.45, 2.75) is 53.4 Å². The van der Waals surface area contributed by atoms with E-state index in [4.69, 9.17) is 4.52 Å². The van der Waals surface area contributed by atoms with Crippen molar-refractivity contribution < 1.29 is 18.8 Å². The van der Waals surface area contributed by atoms with Gasteiger partial charge in [0.2, 0.25) is 0 Å². The average molecular weight is 340 g/mol. The number of carbonyl (C=O) groups excluding carboxylic acids is 1. The number of hydrogen-bond acceptors (Lipinski definition) is 3. The minimum Gasteiger partial charge on any atom is -0.321 e. The van der Waals surface area contributed by atoms with E-state index in [1.54, 1.807) is 13.0 Å². The number of allylic oxidation sites excluding steroid dienone is 3. The molecule has 0 aromatic heterocycles. The maximum Gasteiger partial charge on any atom is 0.351 e. The van der Waals surface area contributed by atoms with E-state index in [9.17, 15) is 14.3 Å². The van der Waals surface area contributed by atoms with Crippen LogP contribution in [0, 0.1) is 22.7 Å². The molecule has 4 atom stereocenters. The van der Waals surface area contributed by atoms with Gasteiger partial charge in [0.25, 0.3) is 0 Å². The van der Waals surface area contributed by atoms with E-state index < -0.39 is 7.60 Å². The third kappa shape index (κ3) is 3.70. The molecule has 0 saturated heterocycles. The lowest BCUT2D eigenvalue weighted by atomic mass is 9.49. The average Bonchev–Trinajstić information content (AvgIpc) is 2.43. The van der Waals surface area contributed by atoms with E-state index in [0.29, 0.717) is 5.92 Å². The van der Waals surface area contributed by atoms with Crippen molar-refractivity contribution in [3.05, 3.63) is 23.5 Å². The molecular formula is C18H29O4P. The Morgan fingerprint density at radius 1 is 1.39 bits per heavy atom. The maximum absolute atomic E-state index is 11.9. The van der Waals surface area contributed by atoms with Crippen LogP contribution in [0.15, 0.2) is 23.5 Å². The SMILES string of the molecule is CCOP(=O)(O)/C=C/C1=CC[C@H]2C(C)(C)CCC[C@]2(C)[C@H]1C=O. The molecule has 0 amide bonds. The quantitative estimate of drug-likeness (QED) is 0.582. The number of hydrogen-bond donors (Lipinski definition) is 1. The summed E-state index contributed by atoms with van der Waals surface area (Å²) in [6.07, 6.45) is 8.97. The van der Waals surface area contributed by atoms with Gasteiger partial charge in [0, 0.05) is 11.7 Å². The van der Waals surface area contributed by atoms with Gasteiger partial charge in [0.15, 0.2) is 0 Å². The Morgan fingerprint density at radius 2 is 2.09 bits per heavy atom. The summed E-state index contributed by atoms with van der Waals surface area (Å²) < 4.78 is 16.7. The Hall–Kier alpha value is -0.700. The van der Waals surface area contributed by atoms with Crippen LogP contribution in [0.2, 0.25) is 0 Å². The normalized spacial score (nSPS) is 36.1. The summed E-state index contributed by atoms with van der Waals surface area (Å²) in [5, 5.41) is 0. The molecule has 2 rings (SSSR count). The zero-order valence-electron chi connectivity index (χ0n) is 14.6. The fraction of sp³-hybridized carbons (Fsp3) is 0.722. The molecule has 0 bridgehead atoms. The van der Waals surface area contributed by atoms with Crippen LogP contribution in [0.3, 0.4) is 0 Å². The van der Waals surface area contributed by atoms with Crippen molar-refractivity contribution in [1.29, 1.82) is 0 Å². The molecule has 130 valence electrons. The summed E-state index contributed by atoms with van der Waals surface area (Å²) in [6.45, 7) is 8.66. The van der Waals surface area contributed by atoms with Gasteiger partial charge in [-0.25, -0.2) is 0 Å². The molecule has 1 N–H and O–H groups in total. The van der Waals surface area contributed by atoms with Crippen molar-refractivity contribution in [2.75, 3.05) is 6.61 Å². The molecule has 0 heterocycles. The van der Waals surface area contributed by atoms with E-state index >= 15 is 0 Å². The molecule has 0 aliphatic heterocycles.